The summed E-state index contributed by atoms with van der Waals surface area (Å²) in [5, 5.41) is 3.06. The van der Waals surface area contributed by atoms with E-state index in [9.17, 15) is 8.78 Å². The van der Waals surface area contributed by atoms with E-state index in [1.54, 1.807) is 0 Å². The van der Waals surface area contributed by atoms with Gasteiger partial charge in [0.15, 0.2) is 17.4 Å². The van der Waals surface area contributed by atoms with Crippen molar-refractivity contribution in [1.29, 1.82) is 0 Å². The number of nitrogens with zero attached hydrogens (tertiary/aromatic N) is 1. The quantitative estimate of drug-likeness (QED) is 0.317. The predicted octanol–water partition coefficient (Wildman–Crippen LogP) is 0.552. The summed E-state index contributed by atoms with van der Waals surface area (Å²) in [6, 6.07) is 1.75. The number of hydrazone groups is 1. The number of rotatable bonds is 2. The molecule has 1 aromatic carbocycles. The molecule has 0 heterocycles. The van der Waals surface area contributed by atoms with Crippen molar-refractivity contribution in [3.8, 4) is 5.75 Å². The monoisotopic (exact) mass is 201 g/mol. The molecular formula is C8H9F2N3O. The third-order valence-corrected chi connectivity index (χ3v) is 1.66. The van der Waals surface area contributed by atoms with Crippen LogP contribution in [0.5, 0.6) is 5.75 Å². The first kappa shape index (κ1) is 10.2. The van der Waals surface area contributed by atoms with Crippen molar-refractivity contribution in [3.63, 3.8) is 0 Å². The van der Waals surface area contributed by atoms with Crippen LogP contribution in [0.3, 0.4) is 0 Å². The molecule has 76 valence electrons. The van der Waals surface area contributed by atoms with Crippen LogP contribution < -0.4 is 16.3 Å². The molecule has 0 aliphatic heterocycles. The van der Waals surface area contributed by atoms with E-state index in [0.717, 1.165) is 12.1 Å². The Morgan fingerprint density at radius 3 is 2.50 bits per heavy atom. The molecule has 0 aliphatic rings. The normalized spacial score (nSPS) is 11.5. The highest BCUT2D eigenvalue weighted by Crippen LogP contribution is 2.20. The highest BCUT2D eigenvalue weighted by molar-refractivity contribution is 5.97. The summed E-state index contributed by atoms with van der Waals surface area (Å²) in [6.07, 6.45) is 0. The minimum atomic E-state index is -0.741. The van der Waals surface area contributed by atoms with E-state index >= 15 is 0 Å². The van der Waals surface area contributed by atoms with Crippen LogP contribution in [0.2, 0.25) is 0 Å². The topological polar surface area (TPSA) is 73.6 Å². The van der Waals surface area contributed by atoms with Gasteiger partial charge >= 0.3 is 0 Å². The molecular weight excluding hydrogens is 192 g/mol. The van der Waals surface area contributed by atoms with Gasteiger partial charge in [0.1, 0.15) is 5.82 Å². The molecule has 0 saturated carbocycles. The number of nitrogens with two attached hydrogens (primary N) is 2. The molecule has 0 atom stereocenters. The van der Waals surface area contributed by atoms with Gasteiger partial charge in [0.05, 0.1) is 12.7 Å². The summed E-state index contributed by atoms with van der Waals surface area (Å²) >= 11 is 0. The van der Waals surface area contributed by atoms with Crippen molar-refractivity contribution in [2.45, 2.75) is 0 Å². The molecule has 0 fully saturated rings. The lowest BCUT2D eigenvalue weighted by Gasteiger charge is -2.05. The molecule has 0 bridgehead atoms. The van der Waals surface area contributed by atoms with Crippen LogP contribution in [0.1, 0.15) is 5.56 Å². The van der Waals surface area contributed by atoms with Crippen LogP contribution in [0.25, 0.3) is 0 Å². The van der Waals surface area contributed by atoms with E-state index in [-0.39, 0.29) is 17.1 Å². The molecule has 0 unspecified atom stereocenters. The summed E-state index contributed by atoms with van der Waals surface area (Å²) in [6.45, 7) is 0. The average molecular weight is 201 g/mol. The van der Waals surface area contributed by atoms with Gasteiger partial charge in [0.2, 0.25) is 0 Å². The second kappa shape index (κ2) is 3.91. The number of halogens is 2. The first-order valence-corrected chi connectivity index (χ1v) is 3.67. The number of hydrogen-bond donors (Lipinski definition) is 2. The van der Waals surface area contributed by atoms with Crippen LogP contribution in [-0.4, -0.2) is 12.9 Å². The van der Waals surface area contributed by atoms with Crippen molar-refractivity contribution in [1.82, 2.24) is 0 Å². The van der Waals surface area contributed by atoms with E-state index in [2.05, 4.69) is 9.84 Å². The van der Waals surface area contributed by atoms with Crippen LogP contribution in [-0.2, 0) is 0 Å². The molecule has 4 N–H and O–H groups in total. The number of amidine groups is 1. The Bertz CT molecular complexity index is 379. The van der Waals surface area contributed by atoms with Gasteiger partial charge in [-0.3, -0.25) is 0 Å². The summed E-state index contributed by atoms with van der Waals surface area (Å²) in [7, 11) is 1.23. The zero-order valence-corrected chi connectivity index (χ0v) is 7.42. The zero-order chi connectivity index (χ0) is 10.7. The van der Waals surface area contributed by atoms with Crippen molar-refractivity contribution >= 4 is 5.84 Å². The highest BCUT2D eigenvalue weighted by Gasteiger charge is 2.12. The fourth-order valence-electron chi connectivity index (χ4n) is 0.951. The largest absolute Gasteiger partial charge is 0.494 e. The first-order valence-electron chi connectivity index (χ1n) is 3.67. The Balaban J connectivity index is 3.29. The summed E-state index contributed by atoms with van der Waals surface area (Å²) < 4.78 is 30.8. The molecule has 0 saturated heterocycles. The average Bonchev–Trinajstić information content (AvgIpc) is 2.19. The fourth-order valence-corrected chi connectivity index (χ4v) is 0.951. The Morgan fingerprint density at radius 1 is 1.36 bits per heavy atom. The lowest BCUT2D eigenvalue weighted by atomic mass is 10.2. The van der Waals surface area contributed by atoms with E-state index in [0.29, 0.717) is 0 Å². The molecule has 4 nitrogen and oxygen atoms in total. The minimum Gasteiger partial charge on any atom is -0.494 e. The smallest absolute Gasteiger partial charge is 0.165 e. The maximum atomic E-state index is 13.2. The van der Waals surface area contributed by atoms with Gasteiger partial charge in [0, 0.05) is 6.07 Å². The lowest BCUT2D eigenvalue weighted by molar-refractivity contribution is 0.382. The van der Waals surface area contributed by atoms with Gasteiger partial charge in [-0.25, -0.2) is 8.78 Å². The van der Waals surface area contributed by atoms with E-state index < -0.39 is 11.6 Å². The number of hydrogen-bond acceptors (Lipinski definition) is 3. The molecule has 1 rings (SSSR count). The van der Waals surface area contributed by atoms with Gasteiger partial charge in [-0.15, -0.1) is 0 Å². The molecule has 0 aliphatic carbocycles. The molecule has 1 aromatic rings. The molecule has 14 heavy (non-hydrogen) atoms. The molecule has 0 radical (unpaired) electrons. The van der Waals surface area contributed by atoms with Crippen LogP contribution >= 0.6 is 0 Å². The van der Waals surface area contributed by atoms with Crippen molar-refractivity contribution in [3.05, 3.63) is 29.3 Å². The third kappa shape index (κ3) is 1.73. The second-order valence-electron chi connectivity index (χ2n) is 2.48. The van der Waals surface area contributed by atoms with Crippen LogP contribution in [0.4, 0.5) is 8.78 Å². The van der Waals surface area contributed by atoms with Crippen LogP contribution in [0.15, 0.2) is 17.2 Å². The first-order chi connectivity index (χ1) is 6.60. The molecule has 6 heteroatoms. The van der Waals surface area contributed by atoms with Gasteiger partial charge < -0.3 is 16.3 Å². The Hall–Kier alpha value is -1.85. The minimum absolute atomic E-state index is 0.189. The zero-order valence-electron chi connectivity index (χ0n) is 7.42. The molecule has 0 amide bonds. The Kier molecular flexibility index (Phi) is 2.85. The lowest BCUT2D eigenvalue weighted by Crippen LogP contribution is -2.17. The van der Waals surface area contributed by atoms with Gasteiger partial charge in [0.25, 0.3) is 0 Å². The van der Waals surface area contributed by atoms with E-state index in [4.69, 9.17) is 11.6 Å². The van der Waals surface area contributed by atoms with E-state index in [1.165, 1.54) is 7.11 Å². The number of ether oxygens (including phenoxy) is 1. The van der Waals surface area contributed by atoms with Gasteiger partial charge in [-0.1, -0.05) is 0 Å². The maximum Gasteiger partial charge on any atom is 0.165 e. The highest BCUT2D eigenvalue weighted by atomic mass is 19.1. The SMILES string of the molecule is COc1cc(F)c(/C(N)=N/N)cc1F. The second-order valence-corrected chi connectivity index (χ2v) is 2.48. The third-order valence-electron chi connectivity index (χ3n) is 1.66. The van der Waals surface area contributed by atoms with Crippen molar-refractivity contribution < 1.29 is 13.5 Å². The summed E-state index contributed by atoms with van der Waals surface area (Å²) in [4.78, 5) is 0. The predicted molar refractivity (Wildman–Crippen MR) is 47.8 cm³/mol. The van der Waals surface area contributed by atoms with Gasteiger partial charge in [-0.05, 0) is 6.07 Å². The molecule has 0 aromatic heterocycles. The molecule has 0 spiro atoms. The van der Waals surface area contributed by atoms with Crippen molar-refractivity contribution in [2.24, 2.45) is 16.7 Å². The van der Waals surface area contributed by atoms with E-state index in [1.807, 2.05) is 0 Å². The Labute approximate surface area is 79.2 Å². The summed E-state index contributed by atoms with van der Waals surface area (Å²) in [5.74, 6) is 2.90. The number of benzene rings is 1. The Morgan fingerprint density at radius 2 is 2.00 bits per heavy atom. The summed E-state index contributed by atoms with van der Waals surface area (Å²) in [5.41, 5.74) is 5.04. The van der Waals surface area contributed by atoms with Crippen molar-refractivity contribution in [2.75, 3.05) is 7.11 Å². The number of methoxy groups -OCH3 is 1. The van der Waals surface area contributed by atoms with Gasteiger partial charge in [-0.2, -0.15) is 5.10 Å². The van der Waals surface area contributed by atoms with Crippen LogP contribution in [0, 0.1) is 11.6 Å². The standard InChI is InChI=1S/C8H9F2N3O/c1-14-7-3-5(9)4(2-6(7)10)8(11)13-12/h2-3H,12H2,1H3,(H2,11,13). The fraction of sp³-hybridized carbons (Fsp3) is 0.125. The maximum absolute atomic E-state index is 13.2.